The summed E-state index contributed by atoms with van der Waals surface area (Å²) in [7, 11) is 0. The summed E-state index contributed by atoms with van der Waals surface area (Å²) in [6.07, 6.45) is 0. The van der Waals surface area contributed by atoms with Gasteiger partial charge in [0.2, 0.25) is 0 Å². The molecular formula is C14H13NO. The topological polar surface area (TPSA) is 33.1 Å². The third-order valence-electron chi connectivity index (χ3n) is 2.27. The molecule has 1 N–H and O–H groups in total. The molecule has 2 nitrogen and oxygen atoms in total. The second kappa shape index (κ2) is 4.62. The molecule has 0 aliphatic heterocycles. The second-order valence-corrected chi connectivity index (χ2v) is 3.56. The lowest BCUT2D eigenvalue weighted by atomic mass is 10.1. The molecule has 2 aromatic rings. The van der Waals surface area contributed by atoms with Crippen LogP contribution in [-0.2, 0) is 0 Å². The summed E-state index contributed by atoms with van der Waals surface area (Å²) in [4.78, 5) is 0. The van der Waals surface area contributed by atoms with Crippen molar-refractivity contribution in [2.45, 2.75) is 6.92 Å². The summed E-state index contributed by atoms with van der Waals surface area (Å²) < 4.78 is 5.64. The average Bonchev–Trinajstić information content (AvgIpc) is 2.31. The van der Waals surface area contributed by atoms with Crippen molar-refractivity contribution in [1.29, 1.82) is 5.41 Å². The lowest BCUT2D eigenvalue weighted by Crippen LogP contribution is -1.91. The Bertz CT molecular complexity index is 474. The molecule has 0 saturated carbocycles. The van der Waals surface area contributed by atoms with Crippen molar-refractivity contribution in [2.75, 3.05) is 0 Å². The average molecular weight is 211 g/mol. The molecule has 0 radical (unpaired) electrons. The summed E-state index contributed by atoms with van der Waals surface area (Å²) in [5, 5.41) is 7.49. The van der Waals surface area contributed by atoms with Gasteiger partial charge in [-0.1, -0.05) is 18.2 Å². The molecular weight excluding hydrogens is 198 g/mol. The van der Waals surface area contributed by atoms with Gasteiger partial charge >= 0.3 is 0 Å². The Morgan fingerprint density at radius 1 is 0.875 bits per heavy atom. The number of nitrogens with one attached hydrogen (secondary N) is 1. The van der Waals surface area contributed by atoms with Gasteiger partial charge in [0.25, 0.3) is 0 Å². The molecule has 0 unspecified atom stereocenters. The van der Waals surface area contributed by atoms with Gasteiger partial charge in [-0.3, -0.25) is 0 Å². The maximum absolute atomic E-state index is 7.49. The van der Waals surface area contributed by atoms with E-state index in [1.807, 2.05) is 54.6 Å². The van der Waals surface area contributed by atoms with Crippen LogP contribution in [0.5, 0.6) is 11.5 Å². The summed E-state index contributed by atoms with van der Waals surface area (Å²) in [5.41, 5.74) is 1.48. The lowest BCUT2D eigenvalue weighted by Gasteiger charge is -2.05. The Morgan fingerprint density at radius 2 is 1.44 bits per heavy atom. The first-order valence-corrected chi connectivity index (χ1v) is 5.14. The van der Waals surface area contributed by atoms with E-state index in [1.165, 1.54) is 0 Å². The summed E-state index contributed by atoms with van der Waals surface area (Å²) in [6, 6.07) is 17.2. The highest BCUT2D eigenvalue weighted by Gasteiger charge is 1.98. The van der Waals surface area contributed by atoms with Crippen LogP contribution >= 0.6 is 0 Å². The van der Waals surface area contributed by atoms with E-state index in [0.29, 0.717) is 5.71 Å². The first-order valence-electron chi connectivity index (χ1n) is 5.14. The molecule has 2 aromatic carbocycles. The highest BCUT2D eigenvalue weighted by atomic mass is 16.5. The van der Waals surface area contributed by atoms with Crippen LogP contribution in [0.2, 0.25) is 0 Å². The zero-order valence-electron chi connectivity index (χ0n) is 9.10. The van der Waals surface area contributed by atoms with Crippen LogP contribution in [0.25, 0.3) is 0 Å². The maximum Gasteiger partial charge on any atom is 0.127 e. The van der Waals surface area contributed by atoms with E-state index in [4.69, 9.17) is 10.1 Å². The molecule has 0 atom stereocenters. The fourth-order valence-electron chi connectivity index (χ4n) is 1.40. The monoisotopic (exact) mass is 211 g/mol. The molecule has 0 aliphatic carbocycles. The van der Waals surface area contributed by atoms with Gasteiger partial charge in [0, 0.05) is 5.71 Å². The molecule has 0 spiro atoms. The van der Waals surface area contributed by atoms with Crippen molar-refractivity contribution >= 4 is 5.71 Å². The Morgan fingerprint density at radius 3 is 2.00 bits per heavy atom. The SMILES string of the molecule is CC(=N)c1ccc(Oc2ccccc2)cc1. The molecule has 0 amide bonds. The second-order valence-electron chi connectivity index (χ2n) is 3.56. The highest BCUT2D eigenvalue weighted by Crippen LogP contribution is 2.21. The highest BCUT2D eigenvalue weighted by molar-refractivity contribution is 5.96. The van der Waals surface area contributed by atoms with Gasteiger partial charge in [-0.25, -0.2) is 0 Å². The fourth-order valence-corrected chi connectivity index (χ4v) is 1.40. The number of hydrogen-bond donors (Lipinski definition) is 1. The van der Waals surface area contributed by atoms with E-state index in [0.717, 1.165) is 17.1 Å². The van der Waals surface area contributed by atoms with Crippen LogP contribution in [0.4, 0.5) is 0 Å². The predicted molar refractivity (Wildman–Crippen MR) is 65.5 cm³/mol. The van der Waals surface area contributed by atoms with Crippen molar-refractivity contribution in [1.82, 2.24) is 0 Å². The van der Waals surface area contributed by atoms with E-state index in [9.17, 15) is 0 Å². The first-order chi connectivity index (χ1) is 7.75. The number of benzene rings is 2. The van der Waals surface area contributed by atoms with Crippen LogP contribution in [0, 0.1) is 5.41 Å². The normalized spacial score (nSPS) is 9.81. The van der Waals surface area contributed by atoms with Crippen molar-refractivity contribution in [3.63, 3.8) is 0 Å². The minimum absolute atomic E-state index is 0.561. The van der Waals surface area contributed by atoms with Crippen molar-refractivity contribution in [2.24, 2.45) is 0 Å². The van der Waals surface area contributed by atoms with Crippen molar-refractivity contribution in [3.8, 4) is 11.5 Å². The van der Waals surface area contributed by atoms with Crippen LogP contribution < -0.4 is 4.74 Å². The van der Waals surface area contributed by atoms with Crippen LogP contribution in [0.3, 0.4) is 0 Å². The van der Waals surface area contributed by atoms with Crippen molar-refractivity contribution in [3.05, 3.63) is 60.2 Å². The molecule has 2 heteroatoms. The molecule has 0 heterocycles. The summed E-state index contributed by atoms with van der Waals surface area (Å²) in [6.45, 7) is 1.77. The van der Waals surface area contributed by atoms with Crippen LogP contribution in [0.1, 0.15) is 12.5 Å². The molecule has 80 valence electrons. The number of hydrogen-bond acceptors (Lipinski definition) is 2. The van der Waals surface area contributed by atoms with Crippen molar-refractivity contribution < 1.29 is 4.74 Å². The minimum Gasteiger partial charge on any atom is -0.457 e. The first kappa shape index (κ1) is 10.4. The van der Waals surface area contributed by atoms with Gasteiger partial charge in [-0.05, 0) is 48.9 Å². The molecule has 0 saturated heterocycles. The van der Waals surface area contributed by atoms with Crippen LogP contribution in [0.15, 0.2) is 54.6 Å². The minimum atomic E-state index is 0.561. The molecule has 16 heavy (non-hydrogen) atoms. The largest absolute Gasteiger partial charge is 0.457 e. The lowest BCUT2D eigenvalue weighted by molar-refractivity contribution is 0.482. The Balaban J connectivity index is 2.14. The smallest absolute Gasteiger partial charge is 0.127 e. The van der Waals surface area contributed by atoms with E-state index < -0.39 is 0 Å². The summed E-state index contributed by atoms with van der Waals surface area (Å²) in [5.74, 6) is 1.61. The van der Waals surface area contributed by atoms with E-state index in [-0.39, 0.29) is 0 Å². The predicted octanol–water partition coefficient (Wildman–Crippen LogP) is 3.87. The molecule has 0 bridgehead atoms. The van der Waals surface area contributed by atoms with Crippen LogP contribution in [-0.4, -0.2) is 5.71 Å². The number of ether oxygens (including phenoxy) is 1. The maximum atomic E-state index is 7.49. The van der Waals surface area contributed by atoms with Gasteiger partial charge in [-0.2, -0.15) is 0 Å². The van der Waals surface area contributed by atoms with Gasteiger partial charge in [0.05, 0.1) is 0 Å². The number of para-hydroxylation sites is 1. The zero-order valence-corrected chi connectivity index (χ0v) is 9.10. The third kappa shape index (κ3) is 2.48. The van der Waals surface area contributed by atoms with Gasteiger partial charge in [-0.15, -0.1) is 0 Å². The van der Waals surface area contributed by atoms with E-state index in [1.54, 1.807) is 6.92 Å². The Hall–Kier alpha value is -2.09. The quantitative estimate of drug-likeness (QED) is 0.768. The standard InChI is InChI=1S/C14H13NO/c1-11(15)12-7-9-14(10-8-12)16-13-5-3-2-4-6-13/h2-10,15H,1H3. The molecule has 2 rings (SSSR count). The molecule has 0 aliphatic rings. The van der Waals surface area contributed by atoms with Gasteiger partial charge in [0.1, 0.15) is 11.5 Å². The summed E-state index contributed by atoms with van der Waals surface area (Å²) >= 11 is 0. The Kier molecular flexibility index (Phi) is 3.01. The fraction of sp³-hybridized carbons (Fsp3) is 0.0714. The van der Waals surface area contributed by atoms with E-state index >= 15 is 0 Å². The van der Waals surface area contributed by atoms with Gasteiger partial charge < -0.3 is 10.1 Å². The van der Waals surface area contributed by atoms with Gasteiger partial charge in [0.15, 0.2) is 0 Å². The third-order valence-corrected chi connectivity index (χ3v) is 2.27. The number of rotatable bonds is 3. The zero-order chi connectivity index (χ0) is 11.4. The van der Waals surface area contributed by atoms with E-state index in [2.05, 4.69) is 0 Å². The molecule has 0 aromatic heterocycles. The molecule has 0 fully saturated rings. The Labute approximate surface area is 95.0 Å².